The first-order valence-electron chi connectivity index (χ1n) is 12.0. The molecule has 0 fully saturated rings. The summed E-state index contributed by atoms with van der Waals surface area (Å²) in [7, 11) is 0. The SMILES string of the molecule is CC(=O)C(=O)c1ccccc1.Cc1nc2ccccc2nc1-c1ccccc1.ClC(Cl)Cl.Nc1ccccc1N. The molecular formula is C31H29Cl3N4O2. The third-order valence-corrected chi connectivity index (χ3v) is 5.14. The lowest BCUT2D eigenvalue weighted by molar-refractivity contribution is -0.113. The molecule has 0 saturated carbocycles. The summed E-state index contributed by atoms with van der Waals surface area (Å²) in [5.74, 6) is -0.846. The van der Waals surface area contributed by atoms with Crippen LogP contribution < -0.4 is 11.5 Å². The van der Waals surface area contributed by atoms with Crippen molar-refractivity contribution in [1.82, 2.24) is 9.97 Å². The lowest BCUT2D eigenvalue weighted by Crippen LogP contribution is -2.08. The van der Waals surface area contributed by atoms with E-state index >= 15 is 0 Å². The van der Waals surface area contributed by atoms with Gasteiger partial charge in [0.1, 0.15) is 0 Å². The van der Waals surface area contributed by atoms with Crippen molar-refractivity contribution in [2.75, 3.05) is 11.5 Å². The average molecular weight is 596 g/mol. The Morgan fingerprint density at radius 1 is 0.650 bits per heavy atom. The van der Waals surface area contributed by atoms with Gasteiger partial charge in [-0.3, -0.25) is 9.59 Å². The number of hydrogen-bond donors (Lipinski definition) is 2. The average Bonchev–Trinajstić information content (AvgIpc) is 2.95. The topological polar surface area (TPSA) is 112 Å². The Hall–Kier alpha value is -3.97. The largest absolute Gasteiger partial charge is 0.397 e. The Labute approximate surface area is 248 Å². The number of aryl methyl sites for hydroxylation is 1. The predicted molar refractivity (Wildman–Crippen MR) is 168 cm³/mol. The number of halogens is 3. The third-order valence-electron chi connectivity index (χ3n) is 5.14. The van der Waals surface area contributed by atoms with Crippen molar-refractivity contribution in [3.8, 4) is 11.3 Å². The predicted octanol–water partition coefficient (Wildman–Crippen LogP) is 7.90. The fraction of sp³-hybridized carbons (Fsp3) is 0.0968. The molecule has 9 heteroatoms. The molecule has 0 aliphatic carbocycles. The monoisotopic (exact) mass is 594 g/mol. The molecular weight excluding hydrogens is 567 g/mol. The molecule has 206 valence electrons. The number of fused-ring (bicyclic) bond motifs is 1. The normalized spacial score (nSPS) is 9.75. The summed E-state index contributed by atoms with van der Waals surface area (Å²) < 4.78 is -0.750. The Bertz CT molecular complexity index is 1490. The van der Waals surface area contributed by atoms with E-state index in [2.05, 4.69) is 22.1 Å². The van der Waals surface area contributed by atoms with E-state index in [-0.39, 0.29) is 0 Å². The van der Waals surface area contributed by atoms with Gasteiger partial charge in [0.25, 0.3) is 0 Å². The molecule has 1 heterocycles. The number of carbonyl (C=O) groups is 2. The van der Waals surface area contributed by atoms with Crippen LogP contribution in [0.15, 0.2) is 109 Å². The van der Waals surface area contributed by atoms with Gasteiger partial charge in [-0.1, -0.05) is 120 Å². The van der Waals surface area contributed by atoms with E-state index in [4.69, 9.17) is 46.3 Å². The van der Waals surface area contributed by atoms with Gasteiger partial charge in [0.15, 0.2) is 10.1 Å². The van der Waals surface area contributed by atoms with Crippen LogP contribution in [0.25, 0.3) is 22.3 Å². The van der Waals surface area contributed by atoms with E-state index in [1.807, 2.05) is 61.5 Å². The smallest absolute Gasteiger partial charge is 0.228 e. The van der Waals surface area contributed by atoms with Gasteiger partial charge in [-0.05, 0) is 31.2 Å². The molecule has 0 aliphatic heterocycles. The Morgan fingerprint density at radius 3 is 1.50 bits per heavy atom. The summed E-state index contributed by atoms with van der Waals surface area (Å²) in [5, 5.41) is 0. The van der Waals surface area contributed by atoms with E-state index < -0.39 is 15.9 Å². The number of nitrogen functional groups attached to an aromatic ring is 2. The first kappa shape index (κ1) is 32.2. The molecule has 0 spiro atoms. The molecule has 5 rings (SSSR count). The molecule has 4 aromatic carbocycles. The number of nitrogens with two attached hydrogens (primary N) is 2. The molecule has 0 saturated heterocycles. The van der Waals surface area contributed by atoms with Crippen LogP contribution in [0.5, 0.6) is 0 Å². The van der Waals surface area contributed by atoms with Gasteiger partial charge in [0.05, 0.1) is 33.8 Å². The standard InChI is InChI=1S/C15H12N2.C9H8O2.C6H8N2.CHCl3/c1-11-15(12-7-3-2-4-8-12)17-14-10-6-5-9-13(14)16-11;1-7(10)9(11)8-5-3-2-4-6-8;7-5-3-1-2-4-6(5)8;2-1(3)4/h2-10H,1H3;2-6H,1H3;1-4H,7-8H2;1H. The minimum atomic E-state index is -0.750. The molecule has 0 unspecified atom stereocenters. The number of nitrogens with zero attached hydrogens (tertiary/aromatic N) is 2. The summed E-state index contributed by atoms with van der Waals surface area (Å²) >= 11 is 14.4. The van der Waals surface area contributed by atoms with Gasteiger partial charge in [-0.25, -0.2) is 9.97 Å². The van der Waals surface area contributed by atoms with Crippen molar-refractivity contribution < 1.29 is 9.59 Å². The molecule has 40 heavy (non-hydrogen) atoms. The van der Waals surface area contributed by atoms with Gasteiger partial charge >= 0.3 is 0 Å². The minimum absolute atomic E-state index is 0.420. The first-order valence-corrected chi connectivity index (χ1v) is 13.3. The van der Waals surface area contributed by atoms with Gasteiger partial charge in [0, 0.05) is 18.1 Å². The fourth-order valence-corrected chi connectivity index (χ4v) is 3.26. The zero-order valence-electron chi connectivity index (χ0n) is 22.0. The maximum Gasteiger partial charge on any atom is 0.228 e. The first-order chi connectivity index (χ1) is 19.1. The molecule has 6 nitrogen and oxygen atoms in total. The van der Waals surface area contributed by atoms with Crippen LogP contribution in [-0.4, -0.2) is 25.8 Å². The Kier molecular flexibility index (Phi) is 13.6. The van der Waals surface area contributed by atoms with Crippen molar-refractivity contribution in [1.29, 1.82) is 0 Å². The van der Waals surface area contributed by atoms with E-state index in [0.29, 0.717) is 16.9 Å². The molecule has 0 bridgehead atoms. The number of anilines is 2. The minimum Gasteiger partial charge on any atom is -0.397 e. The van der Waals surface area contributed by atoms with Gasteiger partial charge in [-0.15, -0.1) is 0 Å². The van der Waals surface area contributed by atoms with E-state index in [0.717, 1.165) is 28.0 Å². The van der Waals surface area contributed by atoms with Crippen LogP contribution in [0.1, 0.15) is 23.0 Å². The zero-order valence-corrected chi connectivity index (χ0v) is 24.2. The van der Waals surface area contributed by atoms with Crippen molar-refractivity contribution >= 4 is 68.8 Å². The maximum atomic E-state index is 11.0. The number of ketones is 2. The highest BCUT2D eigenvalue weighted by Crippen LogP contribution is 2.22. The lowest BCUT2D eigenvalue weighted by atomic mass is 10.1. The van der Waals surface area contributed by atoms with Crippen molar-refractivity contribution in [3.05, 3.63) is 120 Å². The van der Waals surface area contributed by atoms with Gasteiger partial charge < -0.3 is 11.5 Å². The highest BCUT2D eigenvalue weighted by Gasteiger charge is 2.09. The van der Waals surface area contributed by atoms with Crippen LogP contribution in [0.4, 0.5) is 11.4 Å². The van der Waals surface area contributed by atoms with Gasteiger partial charge in [0.2, 0.25) is 5.78 Å². The second-order valence-corrected chi connectivity index (χ2v) is 10.1. The molecule has 0 amide bonds. The Balaban J connectivity index is 0.000000210. The molecule has 0 atom stereocenters. The third kappa shape index (κ3) is 11.0. The number of alkyl halides is 3. The fourth-order valence-electron chi connectivity index (χ4n) is 3.26. The number of aromatic nitrogens is 2. The summed E-state index contributed by atoms with van der Waals surface area (Å²) in [6, 6.07) is 33.9. The van der Waals surface area contributed by atoms with Crippen LogP contribution in [-0.2, 0) is 4.79 Å². The second-order valence-electron chi connectivity index (χ2n) is 8.14. The highest BCUT2D eigenvalue weighted by atomic mass is 35.6. The molecule has 0 aliphatic rings. The summed E-state index contributed by atoms with van der Waals surface area (Å²) in [6.07, 6.45) is 0. The maximum absolute atomic E-state index is 11.0. The lowest BCUT2D eigenvalue weighted by Gasteiger charge is -2.06. The summed E-state index contributed by atoms with van der Waals surface area (Å²) in [5.41, 5.74) is 17.5. The molecule has 5 aromatic rings. The van der Waals surface area contributed by atoms with Crippen LogP contribution in [0.2, 0.25) is 0 Å². The Morgan fingerprint density at radius 2 is 1.05 bits per heavy atom. The number of hydrogen-bond acceptors (Lipinski definition) is 6. The second kappa shape index (κ2) is 16.9. The number of para-hydroxylation sites is 4. The number of rotatable bonds is 3. The summed E-state index contributed by atoms with van der Waals surface area (Å²) in [6.45, 7) is 3.27. The van der Waals surface area contributed by atoms with E-state index in [1.165, 1.54) is 6.92 Å². The molecule has 1 aromatic heterocycles. The van der Waals surface area contributed by atoms with E-state index in [9.17, 15) is 9.59 Å². The van der Waals surface area contributed by atoms with Gasteiger partial charge in [-0.2, -0.15) is 0 Å². The number of benzene rings is 4. The highest BCUT2D eigenvalue weighted by molar-refractivity contribution is 6.63. The summed E-state index contributed by atoms with van der Waals surface area (Å²) in [4.78, 5) is 30.9. The number of carbonyl (C=O) groups excluding carboxylic acids is 2. The zero-order chi connectivity index (χ0) is 29.5. The van der Waals surface area contributed by atoms with Crippen LogP contribution in [0.3, 0.4) is 0 Å². The van der Waals surface area contributed by atoms with E-state index in [1.54, 1.807) is 42.5 Å². The number of Topliss-reactive ketones (excluding diaryl/α,β-unsaturated/α-hetero) is 2. The van der Waals surface area contributed by atoms with Crippen molar-refractivity contribution in [2.24, 2.45) is 0 Å². The molecule has 4 N–H and O–H groups in total. The van der Waals surface area contributed by atoms with Crippen molar-refractivity contribution in [2.45, 2.75) is 18.1 Å². The van der Waals surface area contributed by atoms with Crippen molar-refractivity contribution in [3.63, 3.8) is 0 Å². The molecule has 0 radical (unpaired) electrons. The quantitative estimate of drug-likeness (QED) is 0.0949. The van der Waals surface area contributed by atoms with Crippen LogP contribution in [0, 0.1) is 6.92 Å². The van der Waals surface area contributed by atoms with Crippen LogP contribution >= 0.6 is 34.8 Å².